The minimum atomic E-state index is -0.163. The van der Waals surface area contributed by atoms with Crippen LogP contribution in [0.3, 0.4) is 0 Å². The molecular weight excluding hydrogens is 326 g/mol. The number of hydrogen-bond acceptors (Lipinski definition) is 5. The van der Waals surface area contributed by atoms with Crippen molar-refractivity contribution in [2.75, 3.05) is 20.8 Å². The Kier molecular flexibility index (Phi) is 4.71. The molecule has 7 heteroatoms. The third-order valence-electron chi connectivity index (χ3n) is 3.65. The minimum absolute atomic E-state index is 0.163. The van der Waals surface area contributed by atoms with E-state index in [9.17, 15) is 4.79 Å². The van der Waals surface area contributed by atoms with E-state index in [2.05, 4.69) is 10.3 Å². The van der Waals surface area contributed by atoms with E-state index in [0.717, 1.165) is 15.4 Å². The zero-order valence-electron chi connectivity index (χ0n) is 13.8. The maximum absolute atomic E-state index is 12.2. The summed E-state index contributed by atoms with van der Waals surface area (Å²) in [6.45, 7) is 2.54. The Morgan fingerprint density at radius 2 is 2.04 bits per heavy atom. The van der Waals surface area contributed by atoms with Crippen molar-refractivity contribution in [1.82, 2.24) is 14.7 Å². The molecule has 1 N–H and O–H groups in total. The van der Waals surface area contributed by atoms with E-state index >= 15 is 0 Å². The lowest BCUT2D eigenvalue weighted by Crippen LogP contribution is -2.26. The van der Waals surface area contributed by atoms with Crippen LogP contribution in [0.1, 0.15) is 20.9 Å². The van der Waals surface area contributed by atoms with Gasteiger partial charge in [0.05, 0.1) is 14.2 Å². The molecule has 1 amide bonds. The van der Waals surface area contributed by atoms with Gasteiger partial charge in [0.2, 0.25) is 0 Å². The van der Waals surface area contributed by atoms with E-state index in [1.54, 1.807) is 31.8 Å². The van der Waals surface area contributed by atoms with Gasteiger partial charge in [0.1, 0.15) is 5.69 Å². The number of nitrogens with zero attached hydrogens (tertiary/aromatic N) is 2. The summed E-state index contributed by atoms with van der Waals surface area (Å²) in [5, 5.41) is 2.90. The second-order valence-corrected chi connectivity index (χ2v) is 6.57. The molecule has 3 aromatic rings. The number of aromatic nitrogens is 2. The van der Waals surface area contributed by atoms with Gasteiger partial charge >= 0.3 is 0 Å². The SMILES string of the molecule is COc1ccc(CCNC(=O)c2cn3cc(C)sc3n2)cc1OC. The fourth-order valence-electron chi connectivity index (χ4n) is 2.47. The van der Waals surface area contributed by atoms with Crippen LogP contribution in [0.2, 0.25) is 0 Å². The summed E-state index contributed by atoms with van der Waals surface area (Å²) in [7, 11) is 3.21. The topological polar surface area (TPSA) is 64.9 Å². The van der Waals surface area contributed by atoms with Crippen molar-refractivity contribution in [3.63, 3.8) is 0 Å². The zero-order chi connectivity index (χ0) is 17.1. The molecular formula is C17H19N3O3S. The summed E-state index contributed by atoms with van der Waals surface area (Å²) in [6.07, 6.45) is 4.42. The highest BCUT2D eigenvalue weighted by Gasteiger charge is 2.12. The van der Waals surface area contributed by atoms with Gasteiger partial charge in [0.25, 0.3) is 5.91 Å². The fraction of sp³-hybridized carbons (Fsp3) is 0.294. The molecule has 0 fully saturated rings. The first-order valence-electron chi connectivity index (χ1n) is 7.55. The molecule has 0 unspecified atom stereocenters. The molecule has 2 heterocycles. The third-order valence-corrected chi connectivity index (χ3v) is 4.56. The third kappa shape index (κ3) is 3.35. The predicted octanol–water partition coefficient (Wildman–Crippen LogP) is 2.69. The van der Waals surface area contributed by atoms with Gasteiger partial charge in [-0.3, -0.25) is 9.20 Å². The number of imidazole rings is 1. The van der Waals surface area contributed by atoms with Gasteiger partial charge in [-0.05, 0) is 31.0 Å². The highest BCUT2D eigenvalue weighted by Crippen LogP contribution is 2.27. The maximum Gasteiger partial charge on any atom is 0.271 e. The number of amides is 1. The summed E-state index contributed by atoms with van der Waals surface area (Å²) in [5.41, 5.74) is 1.50. The van der Waals surface area contributed by atoms with Gasteiger partial charge in [-0.25, -0.2) is 4.98 Å². The molecule has 24 heavy (non-hydrogen) atoms. The quantitative estimate of drug-likeness (QED) is 0.746. The number of benzene rings is 1. The molecule has 0 atom stereocenters. The molecule has 0 aliphatic carbocycles. The summed E-state index contributed by atoms with van der Waals surface area (Å²) < 4.78 is 12.4. The van der Waals surface area contributed by atoms with Crippen LogP contribution in [0.15, 0.2) is 30.6 Å². The summed E-state index contributed by atoms with van der Waals surface area (Å²) in [6, 6.07) is 5.74. The van der Waals surface area contributed by atoms with Crippen molar-refractivity contribution in [3.05, 3.63) is 46.7 Å². The summed E-state index contributed by atoms with van der Waals surface area (Å²) in [5.74, 6) is 1.22. The lowest BCUT2D eigenvalue weighted by atomic mass is 10.1. The first-order chi connectivity index (χ1) is 11.6. The van der Waals surface area contributed by atoms with E-state index in [1.165, 1.54) is 0 Å². The molecule has 0 saturated carbocycles. The number of aryl methyl sites for hydroxylation is 1. The van der Waals surface area contributed by atoms with E-state index in [4.69, 9.17) is 9.47 Å². The van der Waals surface area contributed by atoms with E-state index in [0.29, 0.717) is 30.2 Å². The van der Waals surface area contributed by atoms with Crippen molar-refractivity contribution in [2.45, 2.75) is 13.3 Å². The van der Waals surface area contributed by atoms with Crippen molar-refractivity contribution < 1.29 is 14.3 Å². The summed E-state index contributed by atoms with van der Waals surface area (Å²) >= 11 is 1.56. The molecule has 6 nitrogen and oxygen atoms in total. The van der Waals surface area contributed by atoms with Gasteiger partial charge in [-0.1, -0.05) is 6.07 Å². The summed E-state index contributed by atoms with van der Waals surface area (Å²) in [4.78, 5) is 18.5. The number of ether oxygens (including phenoxy) is 2. The Balaban J connectivity index is 1.59. The van der Waals surface area contributed by atoms with Crippen molar-refractivity contribution >= 4 is 22.2 Å². The monoisotopic (exact) mass is 345 g/mol. The van der Waals surface area contributed by atoms with Gasteiger partial charge in [-0.15, -0.1) is 11.3 Å². The number of carbonyl (C=O) groups is 1. The Bertz CT molecular complexity index is 838. The van der Waals surface area contributed by atoms with Gasteiger partial charge in [0, 0.05) is 23.8 Å². The standard InChI is InChI=1S/C17H19N3O3S/c1-11-9-20-10-13(19-17(20)24-11)16(21)18-7-6-12-4-5-14(22-2)15(8-12)23-3/h4-5,8-10H,6-7H2,1-3H3,(H,18,21). The molecule has 0 radical (unpaired) electrons. The van der Waals surface area contributed by atoms with Crippen LogP contribution in [-0.2, 0) is 6.42 Å². The molecule has 0 saturated heterocycles. The van der Waals surface area contributed by atoms with Crippen LogP contribution >= 0.6 is 11.3 Å². The molecule has 3 rings (SSSR count). The highest BCUT2D eigenvalue weighted by atomic mass is 32.1. The van der Waals surface area contributed by atoms with Crippen LogP contribution in [-0.4, -0.2) is 36.1 Å². The van der Waals surface area contributed by atoms with Crippen LogP contribution < -0.4 is 14.8 Å². The van der Waals surface area contributed by atoms with Crippen molar-refractivity contribution in [2.24, 2.45) is 0 Å². The molecule has 0 spiro atoms. The molecule has 1 aromatic carbocycles. The maximum atomic E-state index is 12.2. The van der Waals surface area contributed by atoms with E-state index < -0.39 is 0 Å². The Hall–Kier alpha value is -2.54. The number of nitrogens with one attached hydrogen (secondary N) is 1. The Labute approximate surface area is 144 Å². The average Bonchev–Trinajstić information content (AvgIpc) is 3.11. The second kappa shape index (κ2) is 6.92. The van der Waals surface area contributed by atoms with Crippen molar-refractivity contribution in [3.8, 4) is 11.5 Å². The number of thiazole rings is 1. The smallest absolute Gasteiger partial charge is 0.271 e. The molecule has 0 bridgehead atoms. The van der Waals surface area contributed by atoms with Gasteiger partial charge < -0.3 is 14.8 Å². The minimum Gasteiger partial charge on any atom is -0.493 e. The normalized spacial score (nSPS) is 10.8. The first kappa shape index (κ1) is 16.3. The van der Waals surface area contributed by atoms with Crippen LogP contribution in [0.5, 0.6) is 11.5 Å². The van der Waals surface area contributed by atoms with Gasteiger partial charge in [0.15, 0.2) is 16.5 Å². The van der Waals surface area contributed by atoms with E-state index in [-0.39, 0.29) is 5.91 Å². The number of carbonyl (C=O) groups excluding carboxylic acids is 1. The molecule has 126 valence electrons. The second-order valence-electron chi connectivity index (χ2n) is 5.35. The van der Waals surface area contributed by atoms with Crippen LogP contribution in [0.25, 0.3) is 4.96 Å². The molecule has 0 aliphatic heterocycles. The van der Waals surface area contributed by atoms with Crippen molar-refractivity contribution in [1.29, 1.82) is 0 Å². The first-order valence-corrected chi connectivity index (χ1v) is 8.36. The fourth-order valence-corrected chi connectivity index (χ4v) is 3.28. The molecule has 2 aromatic heterocycles. The van der Waals surface area contributed by atoms with Gasteiger partial charge in [-0.2, -0.15) is 0 Å². The zero-order valence-corrected chi connectivity index (χ0v) is 14.6. The average molecular weight is 345 g/mol. The number of methoxy groups -OCH3 is 2. The lowest BCUT2D eigenvalue weighted by molar-refractivity contribution is 0.0950. The lowest BCUT2D eigenvalue weighted by Gasteiger charge is -2.09. The largest absolute Gasteiger partial charge is 0.493 e. The Morgan fingerprint density at radius 3 is 2.75 bits per heavy atom. The van der Waals surface area contributed by atoms with Crippen LogP contribution in [0.4, 0.5) is 0 Å². The van der Waals surface area contributed by atoms with Crippen LogP contribution in [0, 0.1) is 6.92 Å². The predicted molar refractivity (Wildman–Crippen MR) is 93.4 cm³/mol. The molecule has 0 aliphatic rings. The highest BCUT2D eigenvalue weighted by molar-refractivity contribution is 7.17. The number of hydrogen-bond donors (Lipinski definition) is 1. The van der Waals surface area contributed by atoms with E-state index in [1.807, 2.05) is 35.7 Å². The number of rotatable bonds is 6. The Morgan fingerprint density at radius 1 is 1.25 bits per heavy atom. The number of fused-ring (bicyclic) bond motifs is 1.